The van der Waals surface area contributed by atoms with Gasteiger partial charge in [0, 0.05) is 25.8 Å². The third kappa shape index (κ3) is 2.40. The second-order valence-corrected chi connectivity index (χ2v) is 6.49. The molecule has 0 aromatic carbocycles. The van der Waals surface area contributed by atoms with Crippen molar-refractivity contribution in [3.05, 3.63) is 30.1 Å². The number of piperidine rings is 1. The van der Waals surface area contributed by atoms with Gasteiger partial charge in [-0.1, -0.05) is 19.9 Å². The standard InChI is InChI=1S/C16H24N4/c1-16(2)7-10-19(11-8-16)15-13(12-17-3)20-9-5-4-6-14(20)18-15/h4-6,9,17H,7-8,10-12H2,1-3H3. The van der Waals surface area contributed by atoms with Gasteiger partial charge in [-0.3, -0.25) is 0 Å². The molecule has 4 heteroatoms. The van der Waals surface area contributed by atoms with Gasteiger partial charge in [0.1, 0.15) is 5.65 Å². The lowest BCUT2D eigenvalue weighted by molar-refractivity contribution is 0.279. The molecule has 0 spiro atoms. The van der Waals surface area contributed by atoms with Gasteiger partial charge in [-0.15, -0.1) is 0 Å². The minimum Gasteiger partial charge on any atom is -0.355 e. The predicted molar refractivity (Wildman–Crippen MR) is 83.2 cm³/mol. The summed E-state index contributed by atoms with van der Waals surface area (Å²) < 4.78 is 2.20. The van der Waals surface area contributed by atoms with Crippen LogP contribution in [0.3, 0.4) is 0 Å². The van der Waals surface area contributed by atoms with Gasteiger partial charge in [-0.25, -0.2) is 4.98 Å². The van der Waals surface area contributed by atoms with E-state index in [-0.39, 0.29) is 0 Å². The minimum absolute atomic E-state index is 0.471. The number of anilines is 1. The van der Waals surface area contributed by atoms with Crippen LogP contribution in [0.25, 0.3) is 5.65 Å². The average Bonchev–Trinajstić information content (AvgIpc) is 2.78. The summed E-state index contributed by atoms with van der Waals surface area (Å²) in [6.07, 6.45) is 4.58. The van der Waals surface area contributed by atoms with Crippen molar-refractivity contribution in [3.8, 4) is 0 Å². The third-order valence-electron chi connectivity index (χ3n) is 4.37. The SMILES string of the molecule is CNCc1c(N2CCC(C)(C)CC2)nc2ccccn12. The van der Waals surface area contributed by atoms with E-state index in [1.54, 1.807) is 0 Å². The molecule has 0 aliphatic carbocycles. The van der Waals surface area contributed by atoms with E-state index in [9.17, 15) is 0 Å². The first-order valence-corrected chi connectivity index (χ1v) is 7.46. The van der Waals surface area contributed by atoms with Crippen LogP contribution in [0.15, 0.2) is 24.4 Å². The Morgan fingerprint density at radius 1 is 1.25 bits per heavy atom. The number of aromatic nitrogens is 2. The molecule has 20 heavy (non-hydrogen) atoms. The molecule has 2 aromatic rings. The molecular weight excluding hydrogens is 248 g/mol. The molecule has 1 aliphatic rings. The molecule has 3 rings (SSSR count). The molecule has 0 bridgehead atoms. The fourth-order valence-electron chi connectivity index (χ4n) is 2.94. The Bertz CT molecular complexity index is 590. The Morgan fingerprint density at radius 3 is 2.70 bits per heavy atom. The summed E-state index contributed by atoms with van der Waals surface area (Å²) in [7, 11) is 1.99. The van der Waals surface area contributed by atoms with Crippen molar-refractivity contribution < 1.29 is 0 Å². The maximum Gasteiger partial charge on any atom is 0.152 e. The second kappa shape index (κ2) is 5.09. The highest BCUT2D eigenvalue weighted by Gasteiger charge is 2.28. The van der Waals surface area contributed by atoms with Gasteiger partial charge in [0.25, 0.3) is 0 Å². The molecule has 1 fully saturated rings. The Balaban J connectivity index is 1.96. The van der Waals surface area contributed by atoms with Crippen LogP contribution in [-0.4, -0.2) is 29.5 Å². The molecule has 1 saturated heterocycles. The highest BCUT2D eigenvalue weighted by atomic mass is 15.2. The molecular formula is C16H24N4. The Labute approximate surface area is 120 Å². The number of nitrogens with one attached hydrogen (secondary N) is 1. The predicted octanol–water partition coefficient (Wildman–Crippen LogP) is 2.68. The summed E-state index contributed by atoms with van der Waals surface area (Å²) in [6, 6.07) is 6.20. The number of imidazole rings is 1. The van der Waals surface area contributed by atoms with E-state index in [0.717, 1.165) is 31.1 Å². The number of hydrogen-bond acceptors (Lipinski definition) is 3. The zero-order valence-corrected chi connectivity index (χ0v) is 12.7. The highest BCUT2D eigenvalue weighted by Crippen LogP contribution is 2.33. The topological polar surface area (TPSA) is 32.6 Å². The van der Waals surface area contributed by atoms with E-state index in [1.807, 2.05) is 7.05 Å². The van der Waals surface area contributed by atoms with Crippen LogP contribution >= 0.6 is 0 Å². The quantitative estimate of drug-likeness (QED) is 0.932. The zero-order valence-electron chi connectivity index (χ0n) is 12.7. The summed E-state index contributed by atoms with van der Waals surface area (Å²) in [4.78, 5) is 7.30. The van der Waals surface area contributed by atoms with Crippen molar-refractivity contribution in [1.82, 2.24) is 14.7 Å². The van der Waals surface area contributed by atoms with E-state index >= 15 is 0 Å². The number of rotatable bonds is 3. The molecule has 0 saturated carbocycles. The van der Waals surface area contributed by atoms with Crippen molar-refractivity contribution >= 4 is 11.5 Å². The van der Waals surface area contributed by atoms with E-state index in [0.29, 0.717) is 5.41 Å². The zero-order chi connectivity index (χ0) is 14.2. The number of fused-ring (bicyclic) bond motifs is 1. The lowest BCUT2D eigenvalue weighted by atomic mass is 9.83. The van der Waals surface area contributed by atoms with Crippen LogP contribution in [0.4, 0.5) is 5.82 Å². The van der Waals surface area contributed by atoms with Crippen molar-refractivity contribution in [2.24, 2.45) is 5.41 Å². The van der Waals surface area contributed by atoms with Gasteiger partial charge in [0.2, 0.25) is 0 Å². The van der Waals surface area contributed by atoms with Gasteiger partial charge in [0.05, 0.1) is 5.69 Å². The lowest BCUT2D eigenvalue weighted by Gasteiger charge is -2.37. The fourth-order valence-corrected chi connectivity index (χ4v) is 2.94. The Morgan fingerprint density at radius 2 is 2.00 bits per heavy atom. The largest absolute Gasteiger partial charge is 0.355 e. The van der Waals surface area contributed by atoms with Gasteiger partial charge in [0.15, 0.2) is 5.82 Å². The Kier molecular flexibility index (Phi) is 3.42. The highest BCUT2D eigenvalue weighted by molar-refractivity contribution is 5.56. The van der Waals surface area contributed by atoms with Crippen molar-refractivity contribution in [1.29, 1.82) is 0 Å². The molecule has 2 aromatic heterocycles. The van der Waals surface area contributed by atoms with E-state index < -0.39 is 0 Å². The molecule has 4 nitrogen and oxygen atoms in total. The first-order chi connectivity index (χ1) is 9.61. The van der Waals surface area contributed by atoms with Crippen LogP contribution in [0, 0.1) is 5.41 Å². The van der Waals surface area contributed by atoms with Gasteiger partial charge < -0.3 is 14.6 Å². The molecule has 0 unspecified atom stereocenters. The first kappa shape index (κ1) is 13.4. The monoisotopic (exact) mass is 272 g/mol. The van der Waals surface area contributed by atoms with Crippen LogP contribution < -0.4 is 10.2 Å². The average molecular weight is 272 g/mol. The first-order valence-electron chi connectivity index (χ1n) is 7.46. The Hall–Kier alpha value is -1.55. The van der Waals surface area contributed by atoms with Crippen LogP contribution in [-0.2, 0) is 6.54 Å². The number of pyridine rings is 1. The van der Waals surface area contributed by atoms with Crippen molar-refractivity contribution in [2.45, 2.75) is 33.2 Å². The molecule has 0 atom stereocenters. The maximum absolute atomic E-state index is 4.85. The van der Waals surface area contributed by atoms with Crippen molar-refractivity contribution in [2.75, 3.05) is 25.0 Å². The van der Waals surface area contributed by atoms with Crippen LogP contribution in [0.2, 0.25) is 0 Å². The summed E-state index contributed by atoms with van der Waals surface area (Å²) in [5.74, 6) is 1.15. The van der Waals surface area contributed by atoms with Crippen LogP contribution in [0.5, 0.6) is 0 Å². The van der Waals surface area contributed by atoms with E-state index in [4.69, 9.17) is 4.98 Å². The molecule has 1 N–H and O–H groups in total. The third-order valence-corrected chi connectivity index (χ3v) is 4.37. The molecule has 0 radical (unpaired) electrons. The van der Waals surface area contributed by atoms with Gasteiger partial charge in [-0.05, 0) is 37.4 Å². The van der Waals surface area contributed by atoms with Crippen LogP contribution in [0.1, 0.15) is 32.4 Å². The minimum atomic E-state index is 0.471. The molecule has 3 heterocycles. The van der Waals surface area contributed by atoms with Gasteiger partial charge >= 0.3 is 0 Å². The van der Waals surface area contributed by atoms with E-state index in [1.165, 1.54) is 18.5 Å². The maximum atomic E-state index is 4.85. The number of nitrogens with zero attached hydrogens (tertiary/aromatic N) is 3. The summed E-state index contributed by atoms with van der Waals surface area (Å²) >= 11 is 0. The van der Waals surface area contributed by atoms with Crippen molar-refractivity contribution in [3.63, 3.8) is 0 Å². The molecule has 1 aliphatic heterocycles. The van der Waals surface area contributed by atoms with Gasteiger partial charge in [-0.2, -0.15) is 0 Å². The summed E-state index contributed by atoms with van der Waals surface area (Å²) in [6.45, 7) is 7.78. The second-order valence-electron chi connectivity index (χ2n) is 6.49. The van der Waals surface area contributed by atoms with E-state index in [2.05, 4.69) is 52.9 Å². The fraction of sp³-hybridized carbons (Fsp3) is 0.562. The molecule has 0 amide bonds. The molecule has 108 valence electrons. The smallest absolute Gasteiger partial charge is 0.152 e. The lowest BCUT2D eigenvalue weighted by Crippen LogP contribution is -2.38. The summed E-state index contributed by atoms with van der Waals surface area (Å²) in [5.41, 5.74) is 2.78. The summed E-state index contributed by atoms with van der Waals surface area (Å²) in [5, 5.41) is 3.27. The normalized spacial score (nSPS) is 18.6. The number of hydrogen-bond donors (Lipinski definition) is 1.